The molecule has 11 heteroatoms. The molecule has 0 bridgehead atoms. The second kappa shape index (κ2) is 9.85. The van der Waals surface area contributed by atoms with Crippen molar-refractivity contribution in [3.63, 3.8) is 0 Å². The van der Waals surface area contributed by atoms with Crippen molar-refractivity contribution in [2.45, 2.75) is 23.6 Å². The number of carbonyl (C=O) groups excluding carboxylic acids is 1. The van der Waals surface area contributed by atoms with Gasteiger partial charge in [0.1, 0.15) is 4.21 Å². The second-order valence-electron chi connectivity index (χ2n) is 7.43. The summed E-state index contributed by atoms with van der Waals surface area (Å²) >= 11 is 6.78. The van der Waals surface area contributed by atoms with Gasteiger partial charge < -0.3 is 10.2 Å². The number of carbonyl (C=O) groups is 1. The van der Waals surface area contributed by atoms with Gasteiger partial charge in [-0.1, -0.05) is 35.9 Å². The molecule has 0 spiro atoms. The third-order valence-electron chi connectivity index (χ3n) is 5.27. The Morgan fingerprint density at radius 3 is 2.59 bits per heavy atom. The Bertz CT molecular complexity index is 1430. The van der Waals surface area contributed by atoms with Crippen LogP contribution >= 0.6 is 22.9 Å². The lowest BCUT2D eigenvalue weighted by Crippen LogP contribution is -2.35. The highest BCUT2D eigenvalue weighted by Gasteiger charge is 2.24. The molecule has 1 aliphatic heterocycles. The fraction of sp³-hybridized carbons (Fsp3) is 0.174. The third kappa shape index (κ3) is 5.07. The number of hydrogen-bond donors (Lipinski definition) is 2. The van der Waals surface area contributed by atoms with Crippen LogP contribution in [-0.2, 0) is 27.8 Å². The number of halogens is 1. The summed E-state index contributed by atoms with van der Waals surface area (Å²) in [5.74, 6) is -0.0760. The predicted molar refractivity (Wildman–Crippen MR) is 135 cm³/mol. The van der Waals surface area contributed by atoms with E-state index in [9.17, 15) is 13.2 Å². The maximum atomic E-state index is 12.9. The van der Waals surface area contributed by atoms with Crippen molar-refractivity contribution in [1.29, 1.82) is 0 Å². The first-order valence-electron chi connectivity index (χ1n) is 10.2. The molecule has 0 radical (unpaired) electrons. The molecular formula is C23H20ClN5O3S2. The zero-order valence-corrected chi connectivity index (χ0v) is 20.5. The van der Waals surface area contributed by atoms with Gasteiger partial charge in [0.05, 0.1) is 16.6 Å². The summed E-state index contributed by atoms with van der Waals surface area (Å²) in [6.45, 7) is 8.04. The topological polar surface area (TPSA) is 95.2 Å². The summed E-state index contributed by atoms with van der Waals surface area (Å²) in [6.07, 6.45) is 1.01. The Morgan fingerprint density at radius 1 is 1.15 bits per heavy atom. The van der Waals surface area contributed by atoms with Gasteiger partial charge in [-0.15, -0.1) is 11.3 Å². The Balaban J connectivity index is 1.57. The molecule has 0 saturated heterocycles. The minimum atomic E-state index is -3.87. The first kappa shape index (κ1) is 23.8. The van der Waals surface area contributed by atoms with E-state index in [-0.39, 0.29) is 21.8 Å². The van der Waals surface area contributed by atoms with Crippen LogP contribution in [-0.4, -0.2) is 27.3 Å². The van der Waals surface area contributed by atoms with Gasteiger partial charge in [-0.3, -0.25) is 9.79 Å². The van der Waals surface area contributed by atoms with E-state index in [1.54, 1.807) is 23.1 Å². The molecule has 4 rings (SSSR count). The molecule has 0 atom stereocenters. The Morgan fingerprint density at radius 2 is 1.91 bits per heavy atom. The van der Waals surface area contributed by atoms with Gasteiger partial charge >= 0.3 is 0 Å². The molecule has 1 amide bonds. The Labute approximate surface area is 206 Å². The lowest BCUT2D eigenvalue weighted by atomic mass is 10.0. The van der Waals surface area contributed by atoms with Gasteiger partial charge in [0.25, 0.3) is 10.0 Å². The molecular weight excluding hydrogens is 494 g/mol. The molecule has 174 valence electrons. The summed E-state index contributed by atoms with van der Waals surface area (Å²) in [6, 6.07) is 15.7. The second-order valence-corrected chi connectivity index (χ2v) is 11.0. The monoisotopic (exact) mass is 513 g/mol. The summed E-state index contributed by atoms with van der Waals surface area (Å²) in [5, 5.41) is 2.89. The summed E-state index contributed by atoms with van der Waals surface area (Å²) in [7, 11) is -2.44. The maximum Gasteiger partial charge on any atom is 0.273 e. The van der Waals surface area contributed by atoms with Crippen molar-refractivity contribution >= 4 is 61.9 Å². The highest BCUT2D eigenvalue weighted by Crippen LogP contribution is 2.35. The van der Waals surface area contributed by atoms with Gasteiger partial charge in [0.2, 0.25) is 17.6 Å². The SMILES string of the molecule is [C-]#[N+]c1cc(NC(=NC)NS(=O)(=O)c2ccc(Cl)s2)ccc1N1Cc2ccccc2CCC1=O. The van der Waals surface area contributed by atoms with E-state index < -0.39 is 10.0 Å². The largest absolute Gasteiger partial charge is 0.327 e. The van der Waals surface area contributed by atoms with Gasteiger partial charge in [-0.05, 0) is 47.9 Å². The minimum Gasteiger partial charge on any atom is -0.327 e. The fourth-order valence-corrected chi connectivity index (χ4v) is 6.10. The van der Waals surface area contributed by atoms with E-state index >= 15 is 0 Å². The number of nitrogens with zero attached hydrogens (tertiary/aromatic N) is 3. The van der Waals surface area contributed by atoms with Crippen LogP contribution in [0.3, 0.4) is 0 Å². The first-order valence-corrected chi connectivity index (χ1v) is 12.9. The number of nitrogens with one attached hydrogen (secondary N) is 2. The number of benzene rings is 2. The van der Waals surface area contributed by atoms with Crippen LogP contribution in [0.5, 0.6) is 0 Å². The molecule has 0 fully saturated rings. The zero-order chi connectivity index (χ0) is 24.3. The van der Waals surface area contributed by atoms with Crippen molar-refractivity contribution in [3.8, 4) is 0 Å². The number of aryl methyl sites for hydroxylation is 1. The standard InChI is InChI=1S/C23H20ClN5O3S2/c1-25-18-13-17(27-23(26-2)28-34(31,32)22-12-10-20(24)33-22)8-9-19(18)29-14-16-6-4-3-5-15(16)7-11-21(29)30/h3-6,8-10,12-13H,7,11,14H2,2H3,(H2,26,27,28). The molecule has 2 N–H and O–H groups in total. The average Bonchev–Trinajstić information content (AvgIpc) is 3.21. The molecule has 3 aromatic rings. The van der Waals surface area contributed by atoms with Gasteiger partial charge in [-0.25, -0.2) is 18.0 Å². The number of anilines is 2. The summed E-state index contributed by atoms with van der Waals surface area (Å²) in [4.78, 5) is 22.1. The van der Waals surface area contributed by atoms with E-state index in [4.69, 9.17) is 18.2 Å². The van der Waals surface area contributed by atoms with Crippen molar-refractivity contribution in [3.05, 3.63) is 81.5 Å². The van der Waals surface area contributed by atoms with Crippen LogP contribution in [0.25, 0.3) is 4.85 Å². The van der Waals surface area contributed by atoms with Crippen molar-refractivity contribution in [2.75, 3.05) is 17.3 Å². The van der Waals surface area contributed by atoms with Crippen LogP contribution in [0.1, 0.15) is 17.5 Å². The predicted octanol–water partition coefficient (Wildman–Crippen LogP) is 4.81. The van der Waals surface area contributed by atoms with Gasteiger partial charge in [0.15, 0.2) is 0 Å². The molecule has 0 unspecified atom stereocenters. The number of guanidine groups is 1. The van der Waals surface area contributed by atoms with Crippen LogP contribution in [0.4, 0.5) is 17.1 Å². The smallest absolute Gasteiger partial charge is 0.273 e. The molecule has 0 aliphatic carbocycles. The number of fused-ring (bicyclic) bond motifs is 1. The normalized spacial score (nSPS) is 14.2. The van der Waals surface area contributed by atoms with E-state index in [0.717, 1.165) is 22.5 Å². The highest BCUT2D eigenvalue weighted by molar-refractivity contribution is 7.92. The molecule has 2 heterocycles. The van der Waals surface area contributed by atoms with Crippen LogP contribution in [0.15, 0.2) is 63.8 Å². The maximum absolute atomic E-state index is 12.9. The number of thiophene rings is 1. The highest BCUT2D eigenvalue weighted by atomic mass is 35.5. The molecule has 2 aromatic carbocycles. The quantitative estimate of drug-likeness (QED) is 0.297. The van der Waals surface area contributed by atoms with E-state index in [1.807, 2.05) is 24.3 Å². The van der Waals surface area contributed by atoms with Crippen LogP contribution in [0.2, 0.25) is 4.34 Å². The molecule has 34 heavy (non-hydrogen) atoms. The van der Waals surface area contributed by atoms with Crippen molar-refractivity contribution in [1.82, 2.24) is 4.72 Å². The number of amides is 1. The van der Waals surface area contributed by atoms with Crippen LogP contribution < -0.4 is 14.9 Å². The number of aliphatic imine (C=N–C) groups is 1. The molecule has 1 aromatic heterocycles. The molecule has 8 nitrogen and oxygen atoms in total. The molecule has 1 aliphatic rings. The first-order chi connectivity index (χ1) is 16.3. The zero-order valence-electron chi connectivity index (χ0n) is 18.1. The molecule has 0 saturated carbocycles. The lowest BCUT2D eigenvalue weighted by molar-refractivity contribution is -0.118. The number of rotatable bonds is 4. The number of sulfonamides is 1. The minimum absolute atomic E-state index is 0.0204. The summed E-state index contributed by atoms with van der Waals surface area (Å²) < 4.78 is 28.0. The van der Waals surface area contributed by atoms with Gasteiger partial charge in [0, 0.05) is 25.7 Å². The Hall–Kier alpha value is -3.39. The van der Waals surface area contributed by atoms with Crippen molar-refractivity contribution in [2.24, 2.45) is 4.99 Å². The Kier molecular flexibility index (Phi) is 6.88. The summed E-state index contributed by atoms with van der Waals surface area (Å²) in [5.41, 5.74) is 3.40. The van der Waals surface area contributed by atoms with Gasteiger partial charge in [-0.2, -0.15) is 0 Å². The third-order valence-corrected chi connectivity index (χ3v) is 8.34. The average molecular weight is 514 g/mol. The fourth-order valence-electron chi connectivity index (χ4n) is 3.61. The van der Waals surface area contributed by atoms with E-state index in [1.165, 1.54) is 19.2 Å². The van der Waals surface area contributed by atoms with Crippen molar-refractivity contribution < 1.29 is 13.2 Å². The number of hydrogen-bond acceptors (Lipinski definition) is 5. The van der Waals surface area contributed by atoms with E-state index in [2.05, 4.69) is 19.9 Å². The van der Waals surface area contributed by atoms with E-state index in [0.29, 0.717) is 35.1 Å². The lowest BCUT2D eigenvalue weighted by Gasteiger charge is -2.23. The van der Waals surface area contributed by atoms with Crippen LogP contribution in [0, 0.1) is 6.57 Å².